The Kier molecular flexibility index (Phi) is 21.9. The molecule has 8 aromatic carbocycles. The molecule has 6 aliphatic heterocycles. The molecule has 4 saturated heterocycles. The van der Waals surface area contributed by atoms with Crippen molar-refractivity contribution in [3.05, 3.63) is 190 Å². The average Bonchev–Trinajstić information content (AvgIpc) is 0.763. The number of halogens is 4. The number of piperidine rings is 2. The molecule has 14 rings (SSSR count). The highest BCUT2D eigenvalue weighted by Gasteiger charge is 2.43. The third-order valence-electron chi connectivity index (χ3n) is 19.9. The molecule has 3 unspecified atom stereocenters. The van der Waals surface area contributed by atoms with E-state index >= 15 is 0 Å². The third kappa shape index (κ3) is 15.6. The van der Waals surface area contributed by atoms with Gasteiger partial charge in [0, 0.05) is 86.9 Å². The number of alkyl halides is 1. The highest BCUT2D eigenvalue weighted by molar-refractivity contribution is 6.61. The van der Waals surface area contributed by atoms with E-state index in [1.165, 1.54) is 78.5 Å². The standard InChI is InChI=1S/C44H46ClN3O2.C31H36ClN3O2.C3H4Cl2O2/c1-3-31-18-20-46(21-19-31)29-42-44(49)48(28-32-26-47(27-32)43(33-12-6-4-7-13-33)34-14-8-5-9-15-34)40-25-39(45)38(24-41(40)50-42)37-23-30(2)22-35-16-10-11-17-36(35)37;1-3-21-8-10-34(11-9-21)19-30-31(36)35(18-22-16-33-17-22)28-15-27(32)26(14-29(28)37-30)25-13-20(2)12-23-6-4-5-7-24(23)25;1-2(4)7-3(5)6/h4-17,22-25,31-32,42-43H,3,18-21,26-29H2,1-2H3;4-7,12-15,21-22,30,33H,3,8-11,16-19H2,1-2H3;2H,1H3. The fraction of sp³-hybridized carbons (Fsp3) is 0.397. The maximum absolute atomic E-state index is 14.4. The second-order valence-corrected chi connectivity index (χ2v) is 28.3. The second-order valence-electron chi connectivity index (χ2n) is 26.5. The average molecular weight is 1350 g/mol. The van der Waals surface area contributed by atoms with Crippen molar-refractivity contribution in [2.45, 2.75) is 97.0 Å². The first-order valence-electron chi connectivity index (χ1n) is 33.7. The summed E-state index contributed by atoms with van der Waals surface area (Å²) in [4.78, 5) is 49.2. The Morgan fingerprint density at radius 2 is 0.957 bits per heavy atom. The number of aryl methyl sites for hydroxylation is 2. The quantitative estimate of drug-likeness (QED) is 0.0742. The summed E-state index contributed by atoms with van der Waals surface area (Å²) < 4.78 is 17.4. The van der Waals surface area contributed by atoms with Gasteiger partial charge in [0.2, 0.25) is 0 Å². The van der Waals surface area contributed by atoms with Crippen molar-refractivity contribution in [1.82, 2.24) is 20.0 Å². The molecule has 0 bridgehead atoms. The minimum Gasteiger partial charge on any atom is -0.477 e. The molecule has 0 spiro atoms. The first-order chi connectivity index (χ1) is 45.6. The number of carbonyl (C=O) groups is 3. The van der Waals surface area contributed by atoms with Crippen LogP contribution >= 0.6 is 46.4 Å². The maximum Gasteiger partial charge on any atom is 0.405 e. The van der Waals surface area contributed by atoms with Crippen molar-refractivity contribution in [1.29, 1.82) is 0 Å². The van der Waals surface area contributed by atoms with E-state index in [2.05, 4.69) is 198 Å². The summed E-state index contributed by atoms with van der Waals surface area (Å²) in [6, 6.07) is 55.4. The van der Waals surface area contributed by atoms with E-state index < -0.39 is 23.2 Å². The third-order valence-corrected chi connectivity index (χ3v) is 20.7. The Labute approximate surface area is 574 Å². The summed E-state index contributed by atoms with van der Waals surface area (Å²) >= 11 is 24.0. The molecule has 2 amide bonds. The summed E-state index contributed by atoms with van der Waals surface area (Å²) in [6.45, 7) is 20.7. The van der Waals surface area contributed by atoms with E-state index in [9.17, 15) is 14.4 Å². The van der Waals surface area contributed by atoms with Gasteiger partial charge in [-0.1, -0.05) is 195 Å². The lowest BCUT2D eigenvalue weighted by molar-refractivity contribution is -0.128. The van der Waals surface area contributed by atoms with Crippen LogP contribution in [0.1, 0.15) is 87.6 Å². The first-order valence-corrected chi connectivity index (χ1v) is 35.3. The van der Waals surface area contributed by atoms with Crippen LogP contribution < -0.4 is 24.6 Å². The van der Waals surface area contributed by atoms with Gasteiger partial charge in [-0.15, -0.1) is 0 Å². The van der Waals surface area contributed by atoms with Gasteiger partial charge in [0.15, 0.2) is 17.8 Å². The molecule has 94 heavy (non-hydrogen) atoms. The fourth-order valence-electron chi connectivity index (χ4n) is 14.6. The van der Waals surface area contributed by atoms with Gasteiger partial charge in [-0.3, -0.25) is 24.3 Å². The first kappa shape index (κ1) is 67.3. The van der Waals surface area contributed by atoms with Gasteiger partial charge in [-0.05, 0) is 164 Å². The minimum absolute atomic E-state index is 0.0426. The van der Waals surface area contributed by atoms with Crippen LogP contribution in [0.15, 0.2) is 158 Å². The van der Waals surface area contributed by atoms with E-state index in [0.717, 1.165) is 120 Å². The Bertz CT molecular complexity index is 3920. The van der Waals surface area contributed by atoms with Gasteiger partial charge in [-0.25, -0.2) is 4.79 Å². The summed E-state index contributed by atoms with van der Waals surface area (Å²) in [5.74, 6) is 3.96. The van der Waals surface area contributed by atoms with Crippen LogP contribution in [0.2, 0.25) is 10.0 Å². The number of nitrogens with zero attached hydrogens (tertiary/aromatic N) is 5. The van der Waals surface area contributed by atoms with Crippen molar-refractivity contribution < 1.29 is 28.6 Å². The highest BCUT2D eigenvalue weighted by atomic mass is 35.5. The van der Waals surface area contributed by atoms with E-state index in [0.29, 0.717) is 48.1 Å². The van der Waals surface area contributed by atoms with Gasteiger partial charge in [0.25, 0.3) is 11.8 Å². The summed E-state index contributed by atoms with van der Waals surface area (Å²) in [6.07, 6.45) is 6.17. The largest absolute Gasteiger partial charge is 0.477 e. The molecule has 0 aromatic heterocycles. The topological polar surface area (TPSA) is 107 Å². The Morgan fingerprint density at radius 3 is 1.34 bits per heavy atom. The molecule has 16 heteroatoms. The zero-order valence-electron chi connectivity index (χ0n) is 54.6. The molecule has 492 valence electrons. The second kappa shape index (κ2) is 30.6. The van der Waals surface area contributed by atoms with Crippen LogP contribution in [-0.2, 0) is 14.3 Å². The fourth-order valence-corrected chi connectivity index (χ4v) is 15.4. The zero-order chi connectivity index (χ0) is 65.6. The number of likely N-dealkylation sites (tertiary alicyclic amines) is 3. The predicted octanol–water partition coefficient (Wildman–Crippen LogP) is 17.3. The molecular formula is C78H86Cl4N6O6. The molecular weight excluding hydrogens is 1260 g/mol. The Balaban J connectivity index is 0.000000170. The molecule has 6 heterocycles. The lowest BCUT2D eigenvalue weighted by Crippen LogP contribution is -2.57. The summed E-state index contributed by atoms with van der Waals surface area (Å²) in [7, 11) is 0. The van der Waals surface area contributed by atoms with Crippen LogP contribution in [0.4, 0.5) is 16.2 Å². The van der Waals surface area contributed by atoms with Crippen molar-refractivity contribution in [2.75, 3.05) is 88.3 Å². The SMILES string of the molecule is CC(Cl)OC(=O)Cl.CCC1CCN(CC2Oc3cc(-c4cc(C)cc5ccccc45)c(Cl)cc3N(CC3CN(C(c4ccccc4)c4ccccc4)C3)C2=O)CC1.CCC1CCN(CC2Oc3cc(-c4cc(C)cc5ccccc45)c(Cl)cc3N(CC3CNC3)C2=O)CC1. The van der Waals surface area contributed by atoms with Gasteiger partial charge < -0.3 is 29.3 Å². The van der Waals surface area contributed by atoms with Gasteiger partial charge >= 0.3 is 5.43 Å². The van der Waals surface area contributed by atoms with Gasteiger partial charge in [-0.2, -0.15) is 0 Å². The maximum atomic E-state index is 14.4. The number of benzene rings is 8. The van der Waals surface area contributed by atoms with E-state index in [4.69, 9.17) is 55.9 Å². The molecule has 6 aliphatic rings. The van der Waals surface area contributed by atoms with Crippen LogP contribution in [0.25, 0.3) is 43.8 Å². The summed E-state index contributed by atoms with van der Waals surface area (Å²) in [5.41, 5.74) is 9.08. The number of fused-ring (bicyclic) bond motifs is 4. The van der Waals surface area contributed by atoms with Crippen molar-refractivity contribution in [2.24, 2.45) is 23.7 Å². The monoisotopic (exact) mass is 1340 g/mol. The Hall–Kier alpha value is -6.71. The zero-order valence-corrected chi connectivity index (χ0v) is 57.6. The van der Waals surface area contributed by atoms with Crippen molar-refractivity contribution >= 4 is 96.6 Å². The molecule has 0 radical (unpaired) electrons. The number of rotatable bonds is 16. The number of nitrogens with one attached hydrogen (secondary N) is 1. The van der Waals surface area contributed by atoms with Crippen LogP contribution in [0.5, 0.6) is 11.5 Å². The van der Waals surface area contributed by atoms with Crippen molar-refractivity contribution in [3.8, 4) is 33.8 Å². The van der Waals surface area contributed by atoms with Crippen LogP contribution in [0, 0.1) is 37.5 Å². The highest BCUT2D eigenvalue weighted by Crippen LogP contribution is 2.47. The van der Waals surface area contributed by atoms with Crippen molar-refractivity contribution in [3.63, 3.8) is 0 Å². The molecule has 1 N–H and O–H groups in total. The van der Waals surface area contributed by atoms with E-state index in [1.54, 1.807) is 0 Å². The number of ether oxygens (including phenoxy) is 3. The smallest absolute Gasteiger partial charge is 0.405 e. The number of carbonyl (C=O) groups excluding carboxylic acids is 3. The number of anilines is 2. The van der Waals surface area contributed by atoms with E-state index in [1.807, 2.05) is 21.9 Å². The van der Waals surface area contributed by atoms with Gasteiger partial charge in [0.05, 0.1) is 27.5 Å². The molecule has 3 atom stereocenters. The minimum atomic E-state index is -0.873. The lowest BCUT2D eigenvalue weighted by Gasteiger charge is -2.47. The summed E-state index contributed by atoms with van der Waals surface area (Å²) in [5, 5.41) is 9.29. The predicted molar refractivity (Wildman–Crippen MR) is 385 cm³/mol. The Morgan fingerprint density at radius 1 is 0.543 bits per heavy atom. The lowest BCUT2D eigenvalue weighted by atomic mass is 9.89. The molecule has 0 aliphatic carbocycles. The number of amides is 2. The molecule has 0 saturated carbocycles. The van der Waals surface area contributed by atoms with Crippen LogP contribution in [-0.4, -0.2) is 128 Å². The number of hydrogen-bond acceptors (Lipinski definition) is 10. The van der Waals surface area contributed by atoms with Gasteiger partial charge in [0.1, 0.15) is 11.5 Å². The normalized spacial score (nSPS) is 19.4. The molecule has 12 nitrogen and oxygen atoms in total. The number of hydrogen-bond donors (Lipinski definition) is 1. The van der Waals surface area contributed by atoms with E-state index in [-0.39, 0.29) is 17.9 Å². The van der Waals surface area contributed by atoms with Crippen LogP contribution in [0.3, 0.4) is 0 Å². The molecule has 8 aromatic rings. The molecule has 4 fully saturated rings.